The Morgan fingerprint density at radius 3 is 2.55 bits per heavy atom. The van der Waals surface area contributed by atoms with Crippen LogP contribution < -0.4 is 0 Å². The second-order valence-corrected chi connectivity index (χ2v) is 6.92. The molecule has 6 rings (SSSR count). The molecule has 0 fully saturated rings. The Hall–Kier alpha value is -2.34. The summed E-state index contributed by atoms with van der Waals surface area (Å²) in [5, 5.41) is 0. The minimum absolute atomic E-state index is 0.563. The standard InChI is InChI=1S/C22H16/c1-3-13-7-9-15-11-12-16-10-8-14-4-2-6-18-17(5-1)19(13)21(15)22(16)20(14)18/h1-5,7-12,19,21-22H,6H2. The summed E-state index contributed by atoms with van der Waals surface area (Å²) in [5.41, 5.74) is 10.7. The Morgan fingerprint density at radius 1 is 0.727 bits per heavy atom. The third-order valence-electron chi connectivity index (χ3n) is 6.03. The van der Waals surface area contributed by atoms with Crippen molar-refractivity contribution in [2.75, 3.05) is 0 Å². The summed E-state index contributed by atoms with van der Waals surface area (Å²) in [7, 11) is 0. The van der Waals surface area contributed by atoms with Crippen LogP contribution in [-0.2, 0) is 0 Å². The van der Waals surface area contributed by atoms with E-state index in [1.807, 2.05) is 0 Å². The average Bonchev–Trinajstić information content (AvgIpc) is 2.59. The molecule has 0 heterocycles. The number of allylic oxidation sites excluding steroid dienone is 18. The van der Waals surface area contributed by atoms with Gasteiger partial charge in [0.2, 0.25) is 0 Å². The highest BCUT2D eigenvalue weighted by Gasteiger charge is 2.47. The van der Waals surface area contributed by atoms with Crippen molar-refractivity contribution in [1.29, 1.82) is 0 Å². The van der Waals surface area contributed by atoms with Crippen molar-refractivity contribution in [3.05, 3.63) is 106 Å². The third-order valence-corrected chi connectivity index (χ3v) is 6.03. The van der Waals surface area contributed by atoms with Crippen molar-refractivity contribution in [2.24, 2.45) is 17.8 Å². The zero-order valence-electron chi connectivity index (χ0n) is 12.3. The minimum atomic E-state index is 0.563. The molecule has 0 N–H and O–H groups in total. The van der Waals surface area contributed by atoms with E-state index >= 15 is 0 Å². The van der Waals surface area contributed by atoms with Gasteiger partial charge in [-0.1, -0.05) is 66.8 Å². The minimum Gasteiger partial charge on any atom is -0.0795 e. The highest BCUT2D eigenvalue weighted by molar-refractivity contribution is 5.69. The molecule has 104 valence electrons. The smallest absolute Gasteiger partial charge is 0.0176 e. The molecule has 0 nitrogen and oxygen atoms in total. The summed E-state index contributed by atoms with van der Waals surface area (Å²) in [6.45, 7) is 0. The third kappa shape index (κ3) is 1.17. The fourth-order valence-corrected chi connectivity index (χ4v) is 5.20. The van der Waals surface area contributed by atoms with E-state index in [1.54, 1.807) is 16.7 Å². The van der Waals surface area contributed by atoms with Gasteiger partial charge in [-0.15, -0.1) is 0 Å². The van der Waals surface area contributed by atoms with Gasteiger partial charge in [-0.05, 0) is 45.4 Å². The maximum atomic E-state index is 2.37. The molecule has 0 saturated carbocycles. The first-order chi connectivity index (χ1) is 10.9. The maximum absolute atomic E-state index is 2.37. The number of hydrogen-bond acceptors (Lipinski definition) is 0. The Labute approximate surface area is 130 Å². The van der Waals surface area contributed by atoms with E-state index in [0.717, 1.165) is 6.42 Å². The lowest BCUT2D eigenvalue weighted by atomic mass is 9.53. The molecule has 0 radical (unpaired) electrons. The molecule has 0 aromatic rings. The Bertz CT molecular complexity index is 900. The van der Waals surface area contributed by atoms with Crippen molar-refractivity contribution < 1.29 is 0 Å². The van der Waals surface area contributed by atoms with Gasteiger partial charge in [-0.25, -0.2) is 0 Å². The van der Waals surface area contributed by atoms with Crippen molar-refractivity contribution in [3.8, 4) is 0 Å². The molecule has 6 aliphatic rings. The van der Waals surface area contributed by atoms with Crippen LogP contribution in [0.5, 0.6) is 0 Å². The Balaban J connectivity index is 1.77. The molecule has 3 unspecified atom stereocenters. The predicted octanol–water partition coefficient (Wildman–Crippen LogP) is 4.90. The lowest BCUT2D eigenvalue weighted by molar-refractivity contribution is 0.384. The van der Waals surface area contributed by atoms with Crippen LogP contribution in [0, 0.1) is 17.8 Å². The van der Waals surface area contributed by atoms with Crippen LogP contribution >= 0.6 is 0 Å². The lowest BCUT2D eigenvalue weighted by Crippen LogP contribution is -2.39. The molecule has 0 heteroatoms. The Morgan fingerprint density at radius 2 is 1.55 bits per heavy atom. The molecule has 22 heavy (non-hydrogen) atoms. The Kier molecular flexibility index (Phi) is 1.89. The van der Waals surface area contributed by atoms with E-state index in [2.05, 4.69) is 66.8 Å². The van der Waals surface area contributed by atoms with E-state index < -0.39 is 0 Å². The number of hydrogen-bond donors (Lipinski definition) is 0. The maximum Gasteiger partial charge on any atom is 0.0176 e. The van der Waals surface area contributed by atoms with Crippen LogP contribution in [-0.4, -0.2) is 0 Å². The summed E-state index contributed by atoms with van der Waals surface area (Å²) in [4.78, 5) is 0. The molecule has 0 amide bonds. The van der Waals surface area contributed by atoms with Crippen LogP contribution in [0.2, 0.25) is 0 Å². The lowest BCUT2D eigenvalue weighted by Gasteiger charge is -2.49. The van der Waals surface area contributed by atoms with Crippen molar-refractivity contribution in [1.82, 2.24) is 0 Å². The van der Waals surface area contributed by atoms with Crippen LogP contribution in [0.4, 0.5) is 0 Å². The van der Waals surface area contributed by atoms with Crippen LogP contribution in [0.3, 0.4) is 0 Å². The average molecular weight is 280 g/mol. The van der Waals surface area contributed by atoms with Gasteiger partial charge in [0.25, 0.3) is 0 Å². The van der Waals surface area contributed by atoms with Gasteiger partial charge in [0.1, 0.15) is 0 Å². The highest BCUT2D eigenvalue weighted by Crippen LogP contribution is 2.58. The summed E-state index contributed by atoms with van der Waals surface area (Å²) in [6.07, 6.45) is 26.7. The molecule has 0 bridgehead atoms. The topological polar surface area (TPSA) is 0 Å². The van der Waals surface area contributed by atoms with Gasteiger partial charge < -0.3 is 0 Å². The van der Waals surface area contributed by atoms with E-state index in [9.17, 15) is 0 Å². The summed E-state index contributed by atoms with van der Waals surface area (Å²) in [5.74, 6) is 1.72. The van der Waals surface area contributed by atoms with E-state index in [4.69, 9.17) is 0 Å². The molecule has 3 atom stereocenters. The van der Waals surface area contributed by atoms with Gasteiger partial charge >= 0.3 is 0 Å². The largest absolute Gasteiger partial charge is 0.0795 e. The van der Waals surface area contributed by atoms with Gasteiger partial charge in [0.15, 0.2) is 0 Å². The van der Waals surface area contributed by atoms with Crippen molar-refractivity contribution >= 4 is 0 Å². The highest BCUT2D eigenvalue weighted by atomic mass is 14.5. The van der Waals surface area contributed by atoms with Gasteiger partial charge in [-0.3, -0.25) is 0 Å². The normalized spacial score (nSPS) is 35.3. The van der Waals surface area contributed by atoms with Gasteiger partial charge in [0, 0.05) is 17.8 Å². The molecular weight excluding hydrogens is 264 g/mol. The summed E-state index contributed by atoms with van der Waals surface area (Å²) < 4.78 is 0. The SMILES string of the molecule is C1=CC2=C3CC=CC4=C3C3C(=CC=C5C=CC(=C1)C2C53)C=C4. The van der Waals surface area contributed by atoms with Gasteiger partial charge in [-0.2, -0.15) is 0 Å². The monoisotopic (exact) mass is 280 g/mol. The van der Waals surface area contributed by atoms with Crippen LogP contribution in [0.1, 0.15) is 6.42 Å². The predicted molar refractivity (Wildman–Crippen MR) is 89.9 cm³/mol. The first-order valence-corrected chi connectivity index (χ1v) is 8.22. The van der Waals surface area contributed by atoms with Crippen LogP contribution in [0.25, 0.3) is 0 Å². The van der Waals surface area contributed by atoms with E-state index in [-0.39, 0.29) is 0 Å². The number of rotatable bonds is 0. The second kappa shape index (κ2) is 3.70. The fraction of sp³-hybridized carbons (Fsp3) is 0.182. The molecule has 6 aliphatic carbocycles. The fourth-order valence-electron chi connectivity index (χ4n) is 5.20. The molecule has 0 aromatic heterocycles. The van der Waals surface area contributed by atoms with Crippen molar-refractivity contribution in [2.45, 2.75) is 6.42 Å². The molecule has 0 saturated heterocycles. The van der Waals surface area contributed by atoms with Crippen LogP contribution in [0.15, 0.2) is 106 Å². The first-order valence-electron chi connectivity index (χ1n) is 8.22. The zero-order chi connectivity index (χ0) is 14.3. The molecule has 0 aromatic carbocycles. The van der Waals surface area contributed by atoms with E-state index in [0.29, 0.717) is 17.8 Å². The quantitative estimate of drug-likeness (QED) is 0.592. The first kappa shape index (κ1) is 11.3. The molecular formula is C22H16. The zero-order valence-corrected chi connectivity index (χ0v) is 12.3. The summed E-state index contributed by atoms with van der Waals surface area (Å²) in [6, 6.07) is 0. The molecule has 0 aliphatic heterocycles. The second-order valence-electron chi connectivity index (χ2n) is 6.92. The van der Waals surface area contributed by atoms with Crippen molar-refractivity contribution in [3.63, 3.8) is 0 Å². The molecule has 0 spiro atoms. The summed E-state index contributed by atoms with van der Waals surface area (Å²) >= 11 is 0. The van der Waals surface area contributed by atoms with E-state index in [1.165, 1.54) is 22.3 Å². The van der Waals surface area contributed by atoms with Gasteiger partial charge in [0.05, 0.1) is 0 Å².